The van der Waals surface area contributed by atoms with Crippen LogP contribution in [-0.2, 0) is 0 Å². The summed E-state index contributed by atoms with van der Waals surface area (Å²) in [6.45, 7) is 0. The van der Waals surface area contributed by atoms with E-state index in [-0.39, 0.29) is 0 Å². The van der Waals surface area contributed by atoms with Crippen LogP contribution in [-0.4, -0.2) is 0 Å². The zero-order chi connectivity index (χ0) is 27.4. The number of fused-ring (bicyclic) bond motifs is 1. The normalized spacial score (nSPS) is 10.9. The Morgan fingerprint density at radius 1 is 0.293 bits per heavy atom. The summed E-state index contributed by atoms with van der Waals surface area (Å²) < 4.78 is 0. The largest absolute Gasteiger partial charge is 0.310 e. The number of benzene rings is 7. The molecule has 194 valence electrons. The molecule has 41 heavy (non-hydrogen) atoms. The van der Waals surface area contributed by atoms with Crippen molar-refractivity contribution >= 4 is 27.8 Å². The third-order valence-corrected chi connectivity index (χ3v) is 7.67. The van der Waals surface area contributed by atoms with Crippen LogP contribution in [0.2, 0.25) is 0 Å². The monoisotopic (exact) mass is 523 g/mol. The number of rotatable bonds is 6. The number of nitrogens with zero attached hydrogens (tertiary/aromatic N) is 1. The van der Waals surface area contributed by atoms with E-state index in [4.69, 9.17) is 0 Å². The summed E-state index contributed by atoms with van der Waals surface area (Å²) in [5, 5.41) is 2.50. The lowest BCUT2D eigenvalue weighted by Crippen LogP contribution is -2.11. The first-order chi connectivity index (χ1) is 20.3. The average Bonchev–Trinajstić information content (AvgIpc) is 3.06. The predicted molar refractivity (Wildman–Crippen MR) is 175 cm³/mol. The molecule has 7 rings (SSSR count). The molecule has 0 atom stereocenters. The molecule has 1 nitrogen and oxygen atoms in total. The second-order valence-corrected chi connectivity index (χ2v) is 10.2. The van der Waals surface area contributed by atoms with Crippen molar-refractivity contribution in [2.45, 2.75) is 0 Å². The van der Waals surface area contributed by atoms with Crippen molar-refractivity contribution in [3.63, 3.8) is 0 Å². The third-order valence-electron chi connectivity index (χ3n) is 7.67. The molecule has 0 aromatic heterocycles. The maximum atomic E-state index is 2.36. The van der Waals surface area contributed by atoms with E-state index in [9.17, 15) is 0 Å². The number of hydrogen-bond donors (Lipinski definition) is 0. The van der Waals surface area contributed by atoms with E-state index in [0.717, 1.165) is 17.1 Å². The van der Waals surface area contributed by atoms with Crippen molar-refractivity contribution in [2.75, 3.05) is 4.90 Å². The van der Waals surface area contributed by atoms with Gasteiger partial charge in [-0.1, -0.05) is 140 Å². The van der Waals surface area contributed by atoms with Crippen molar-refractivity contribution in [3.8, 4) is 33.4 Å². The van der Waals surface area contributed by atoms with Crippen molar-refractivity contribution in [3.05, 3.63) is 176 Å². The van der Waals surface area contributed by atoms with Gasteiger partial charge in [-0.15, -0.1) is 0 Å². The first kappa shape index (κ1) is 24.6. The molecule has 0 heterocycles. The Morgan fingerprint density at radius 3 is 1.56 bits per heavy atom. The summed E-state index contributed by atoms with van der Waals surface area (Å²) in [5.74, 6) is 0. The summed E-state index contributed by atoms with van der Waals surface area (Å²) in [4.78, 5) is 2.36. The molecule has 0 aliphatic carbocycles. The van der Waals surface area contributed by atoms with Gasteiger partial charge in [-0.3, -0.25) is 0 Å². The van der Waals surface area contributed by atoms with Crippen LogP contribution < -0.4 is 4.90 Å². The minimum atomic E-state index is 1.12. The second-order valence-electron chi connectivity index (χ2n) is 10.2. The molecular weight excluding hydrogens is 494 g/mol. The highest BCUT2D eigenvalue weighted by atomic mass is 15.1. The Hall–Kier alpha value is -5.40. The molecule has 0 aliphatic rings. The van der Waals surface area contributed by atoms with E-state index in [1.807, 2.05) is 0 Å². The lowest BCUT2D eigenvalue weighted by molar-refractivity contribution is 1.28. The Balaban J connectivity index is 1.38. The molecule has 0 amide bonds. The highest BCUT2D eigenvalue weighted by molar-refractivity contribution is 5.96. The van der Waals surface area contributed by atoms with Crippen molar-refractivity contribution in [1.29, 1.82) is 0 Å². The van der Waals surface area contributed by atoms with E-state index < -0.39 is 0 Å². The second kappa shape index (κ2) is 11.0. The summed E-state index contributed by atoms with van der Waals surface area (Å²) in [6.07, 6.45) is 0. The summed E-state index contributed by atoms with van der Waals surface area (Å²) >= 11 is 0. The zero-order valence-corrected chi connectivity index (χ0v) is 22.7. The molecule has 0 fully saturated rings. The molecule has 0 saturated heterocycles. The zero-order valence-electron chi connectivity index (χ0n) is 22.7. The van der Waals surface area contributed by atoms with Gasteiger partial charge >= 0.3 is 0 Å². The van der Waals surface area contributed by atoms with Crippen LogP contribution in [0.15, 0.2) is 176 Å². The van der Waals surface area contributed by atoms with E-state index in [0.29, 0.717) is 0 Å². The van der Waals surface area contributed by atoms with E-state index >= 15 is 0 Å². The topological polar surface area (TPSA) is 3.24 Å². The van der Waals surface area contributed by atoms with Gasteiger partial charge in [-0.2, -0.15) is 0 Å². The summed E-state index contributed by atoms with van der Waals surface area (Å²) in [7, 11) is 0. The smallest absolute Gasteiger partial charge is 0.0540 e. The summed E-state index contributed by atoms with van der Waals surface area (Å²) in [5.41, 5.74) is 10.6. The lowest BCUT2D eigenvalue weighted by atomic mass is 9.92. The first-order valence-corrected chi connectivity index (χ1v) is 14.0. The van der Waals surface area contributed by atoms with Gasteiger partial charge in [0.1, 0.15) is 0 Å². The number of hydrogen-bond acceptors (Lipinski definition) is 1. The first-order valence-electron chi connectivity index (χ1n) is 14.0. The van der Waals surface area contributed by atoms with Crippen LogP contribution in [0.5, 0.6) is 0 Å². The Kier molecular flexibility index (Phi) is 6.61. The van der Waals surface area contributed by atoms with Crippen LogP contribution in [0.25, 0.3) is 44.2 Å². The van der Waals surface area contributed by atoms with Gasteiger partial charge in [0.25, 0.3) is 0 Å². The highest BCUT2D eigenvalue weighted by Crippen LogP contribution is 2.44. The quantitative estimate of drug-likeness (QED) is 0.209. The fraction of sp³-hybridized carbons (Fsp3) is 0. The van der Waals surface area contributed by atoms with Gasteiger partial charge in [0.15, 0.2) is 0 Å². The van der Waals surface area contributed by atoms with Gasteiger partial charge in [-0.25, -0.2) is 0 Å². The molecule has 0 unspecified atom stereocenters. The van der Waals surface area contributed by atoms with Crippen LogP contribution in [0.4, 0.5) is 17.1 Å². The molecular formula is C40H29N. The van der Waals surface area contributed by atoms with Crippen LogP contribution in [0.1, 0.15) is 0 Å². The standard InChI is InChI=1S/C40H29N/c1-3-13-30(14-4-1)32-25-27-36(28-26-32)41(35-17-5-2-6-18-35)40-22-12-11-21-39(40)38-20-10-9-19-37(38)34-24-23-31-15-7-8-16-33(31)29-34/h1-29H. The minimum Gasteiger partial charge on any atom is -0.310 e. The average molecular weight is 524 g/mol. The van der Waals surface area contributed by atoms with Crippen LogP contribution >= 0.6 is 0 Å². The fourth-order valence-electron chi connectivity index (χ4n) is 5.66. The molecule has 0 aliphatic heterocycles. The molecule has 7 aromatic carbocycles. The number of anilines is 3. The SMILES string of the molecule is c1ccc(-c2ccc(N(c3ccccc3)c3ccccc3-c3ccccc3-c3ccc4ccccc4c3)cc2)cc1. The molecule has 1 heteroatoms. The molecule has 0 saturated carbocycles. The van der Waals surface area contributed by atoms with Gasteiger partial charge in [0.2, 0.25) is 0 Å². The van der Waals surface area contributed by atoms with Crippen molar-refractivity contribution in [2.24, 2.45) is 0 Å². The molecule has 0 N–H and O–H groups in total. The molecule has 0 bridgehead atoms. The van der Waals surface area contributed by atoms with Gasteiger partial charge in [0, 0.05) is 16.9 Å². The lowest BCUT2D eigenvalue weighted by Gasteiger charge is -2.28. The third kappa shape index (κ3) is 4.90. The molecule has 0 spiro atoms. The summed E-state index contributed by atoms with van der Waals surface area (Å²) in [6, 6.07) is 62.8. The maximum Gasteiger partial charge on any atom is 0.0540 e. The fourth-order valence-corrected chi connectivity index (χ4v) is 5.66. The van der Waals surface area contributed by atoms with Crippen molar-refractivity contribution < 1.29 is 0 Å². The maximum absolute atomic E-state index is 2.36. The number of para-hydroxylation sites is 2. The van der Waals surface area contributed by atoms with Crippen LogP contribution in [0.3, 0.4) is 0 Å². The van der Waals surface area contributed by atoms with Gasteiger partial charge < -0.3 is 4.90 Å². The predicted octanol–water partition coefficient (Wildman–Crippen LogP) is 11.3. The van der Waals surface area contributed by atoms with Crippen LogP contribution in [0, 0.1) is 0 Å². The van der Waals surface area contributed by atoms with E-state index in [2.05, 4.69) is 181 Å². The highest BCUT2D eigenvalue weighted by Gasteiger charge is 2.19. The van der Waals surface area contributed by atoms with Crippen molar-refractivity contribution in [1.82, 2.24) is 0 Å². The van der Waals surface area contributed by atoms with E-state index in [1.165, 1.54) is 44.2 Å². The minimum absolute atomic E-state index is 1.12. The van der Waals surface area contributed by atoms with Gasteiger partial charge in [0.05, 0.1) is 5.69 Å². The Morgan fingerprint density at radius 2 is 0.805 bits per heavy atom. The Labute approximate surface area is 241 Å². The molecule has 0 radical (unpaired) electrons. The Bertz CT molecular complexity index is 1920. The van der Waals surface area contributed by atoms with Gasteiger partial charge in [-0.05, 0) is 75.0 Å². The van der Waals surface area contributed by atoms with E-state index in [1.54, 1.807) is 0 Å². The molecule has 7 aromatic rings.